The maximum atomic E-state index is 12.1. The van der Waals surface area contributed by atoms with Gasteiger partial charge in [0.25, 0.3) is 5.91 Å². The number of aromatic nitrogens is 2. The van der Waals surface area contributed by atoms with Crippen LogP contribution in [-0.2, 0) is 11.2 Å². The third-order valence-electron chi connectivity index (χ3n) is 3.33. The van der Waals surface area contributed by atoms with E-state index in [1.54, 1.807) is 24.3 Å². The van der Waals surface area contributed by atoms with Gasteiger partial charge in [-0.15, -0.1) is 10.2 Å². The van der Waals surface area contributed by atoms with Gasteiger partial charge in [-0.05, 0) is 31.5 Å². The van der Waals surface area contributed by atoms with Gasteiger partial charge >= 0.3 is 0 Å². The largest absolute Gasteiger partial charge is 0.354 e. The number of nitrogens with one attached hydrogen (secondary N) is 2. The fraction of sp³-hybridized carbons (Fsp3) is 0.375. The molecule has 0 saturated carbocycles. The van der Waals surface area contributed by atoms with E-state index in [0.717, 1.165) is 6.42 Å². The minimum atomic E-state index is -0.343. The zero-order valence-corrected chi connectivity index (χ0v) is 15.1. The summed E-state index contributed by atoms with van der Waals surface area (Å²) in [6.07, 6.45) is 1.68. The zero-order chi connectivity index (χ0) is 17.5. The van der Waals surface area contributed by atoms with Crippen molar-refractivity contribution in [3.8, 4) is 0 Å². The molecule has 0 aliphatic rings. The first kappa shape index (κ1) is 18.4. The molecule has 2 aromatic rings. The van der Waals surface area contributed by atoms with Crippen molar-refractivity contribution >= 4 is 40.4 Å². The molecule has 1 atom stereocenters. The summed E-state index contributed by atoms with van der Waals surface area (Å²) in [6.45, 7) is 3.97. The van der Waals surface area contributed by atoms with E-state index in [9.17, 15) is 9.59 Å². The van der Waals surface area contributed by atoms with Crippen molar-refractivity contribution in [3.05, 3.63) is 39.3 Å². The van der Waals surface area contributed by atoms with Gasteiger partial charge in [0.05, 0.1) is 0 Å². The first-order valence-electron chi connectivity index (χ1n) is 7.66. The predicted octanol–water partition coefficient (Wildman–Crippen LogP) is 3.29. The Morgan fingerprint density at radius 1 is 1.33 bits per heavy atom. The summed E-state index contributed by atoms with van der Waals surface area (Å²) in [5.41, 5.74) is 0.595. The molecule has 1 aromatic carbocycles. The molecule has 8 heteroatoms. The minimum Gasteiger partial charge on any atom is -0.354 e. The van der Waals surface area contributed by atoms with Crippen LogP contribution in [-0.4, -0.2) is 28.1 Å². The van der Waals surface area contributed by atoms with Crippen molar-refractivity contribution < 1.29 is 9.59 Å². The number of anilines is 1. The molecule has 2 rings (SSSR count). The molecule has 0 bridgehead atoms. The number of amides is 2. The average molecular weight is 367 g/mol. The van der Waals surface area contributed by atoms with Crippen LogP contribution < -0.4 is 10.6 Å². The van der Waals surface area contributed by atoms with E-state index in [1.165, 1.54) is 11.3 Å². The normalized spacial score (nSPS) is 11.8. The average Bonchev–Trinajstić information content (AvgIpc) is 3.02. The summed E-state index contributed by atoms with van der Waals surface area (Å²) in [5, 5.41) is 14.9. The molecule has 0 fully saturated rings. The van der Waals surface area contributed by atoms with Gasteiger partial charge in [0.2, 0.25) is 10.9 Å². The van der Waals surface area contributed by atoms with Gasteiger partial charge in [-0.3, -0.25) is 9.59 Å². The number of benzene rings is 1. The lowest BCUT2D eigenvalue weighted by atomic mass is 10.2. The van der Waals surface area contributed by atoms with E-state index < -0.39 is 0 Å². The highest BCUT2D eigenvalue weighted by atomic mass is 35.5. The van der Waals surface area contributed by atoms with Crippen LogP contribution in [0.3, 0.4) is 0 Å². The van der Waals surface area contributed by atoms with E-state index in [0.29, 0.717) is 28.6 Å². The molecule has 2 N–H and O–H groups in total. The third-order valence-corrected chi connectivity index (χ3v) is 4.55. The fourth-order valence-corrected chi connectivity index (χ4v) is 2.79. The molecule has 2 amide bonds. The van der Waals surface area contributed by atoms with Crippen LogP contribution in [0, 0.1) is 0 Å². The quantitative estimate of drug-likeness (QED) is 0.787. The van der Waals surface area contributed by atoms with Crippen LogP contribution in [0.5, 0.6) is 0 Å². The summed E-state index contributed by atoms with van der Waals surface area (Å²) in [7, 11) is 0. The number of hydrogen-bond donors (Lipinski definition) is 2. The Hall–Kier alpha value is -1.99. The van der Waals surface area contributed by atoms with Gasteiger partial charge in [0, 0.05) is 29.6 Å². The molecule has 0 spiro atoms. The van der Waals surface area contributed by atoms with E-state index in [-0.39, 0.29) is 22.9 Å². The van der Waals surface area contributed by atoms with Crippen LogP contribution in [0.15, 0.2) is 24.3 Å². The number of aryl methyl sites for hydroxylation is 1. The second-order valence-corrected chi connectivity index (χ2v) is 6.84. The number of carbonyl (C=O) groups is 2. The van der Waals surface area contributed by atoms with E-state index in [1.807, 2.05) is 13.8 Å². The Morgan fingerprint density at radius 3 is 2.83 bits per heavy atom. The van der Waals surface area contributed by atoms with E-state index in [2.05, 4.69) is 20.8 Å². The first-order valence-corrected chi connectivity index (χ1v) is 8.86. The molecule has 0 saturated heterocycles. The smallest absolute Gasteiger partial charge is 0.286 e. The van der Waals surface area contributed by atoms with Crippen molar-refractivity contribution in [3.63, 3.8) is 0 Å². The molecule has 1 unspecified atom stereocenters. The number of nitrogens with zero attached hydrogens (tertiary/aromatic N) is 2. The minimum absolute atomic E-state index is 0.0236. The van der Waals surface area contributed by atoms with Crippen molar-refractivity contribution in [2.45, 2.75) is 39.2 Å². The highest BCUT2D eigenvalue weighted by molar-refractivity contribution is 7.13. The second-order valence-electron chi connectivity index (χ2n) is 5.34. The van der Waals surface area contributed by atoms with Gasteiger partial charge < -0.3 is 10.6 Å². The van der Waals surface area contributed by atoms with Crippen molar-refractivity contribution in [1.29, 1.82) is 0 Å². The SMILES string of the molecule is CCC(C)NC(=O)CCc1nnc(C(=O)Nc2cccc(Cl)c2)s1. The second kappa shape index (κ2) is 8.75. The van der Waals surface area contributed by atoms with Crippen LogP contribution in [0.4, 0.5) is 5.69 Å². The summed E-state index contributed by atoms with van der Waals surface area (Å²) < 4.78 is 0. The number of halogens is 1. The van der Waals surface area contributed by atoms with Gasteiger partial charge in [-0.2, -0.15) is 0 Å². The van der Waals surface area contributed by atoms with Crippen molar-refractivity contribution in [2.75, 3.05) is 5.32 Å². The molecule has 24 heavy (non-hydrogen) atoms. The summed E-state index contributed by atoms with van der Waals surface area (Å²) in [5.74, 6) is -0.366. The Labute approximate surface area is 149 Å². The summed E-state index contributed by atoms with van der Waals surface area (Å²) in [4.78, 5) is 23.9. The maximum absolute atomic E-state index is 12.1. The highest BCUT2D eigenvalue weighted by Crippen LogP contribution is 2.17. The monoisotopic (exact) mass is 366 g/mol. The molecule has 128 valence electrons. The van der Waals surface area contributed by atoms with Crippen LogP contribution in [0.25, 0.3) is 0 Å². The summed E-state index contributed by atoms with van der Waals surface area (Å²) in [6, 6.07) is 7.03. The van der Waals surface area contributed by atoms with Crippen LogP contribution >= 0.6 is 22.9 Å². The topological polar surface area (TPSA) is 84.0 Å². The number of hydrogen-bond acceptors (Lipinski definition) is 5. The summed E-state index contributed by atoms with van der Waals surface area (Å²) >= 11 is 7.06. The van der Waals surface area contributed by atoms with Crippen molar-refractivity contribution in [1.82, 2.24) is 15.5 Å². The molecule has 1 heterocycles. The third kappa shape index (κ3) is 5.58. The van der Waals surface area contributed by atoms with Gasteiger partial charge in [0.15, 0.2) is 0 Å². The Kier molecular flexibility index (Phi) is 6.69. The molecule has 6 nitrogen and oxygen atoms in total. The molecule has 1 aromatic heterocycles. The maximum Gasteiger partial charge on any atom is 0.286 e. The number of carbonyl (C=O) groups excluding carboxylic acids is 2. The lowest BCUT2D eigenvalue weighted by Crippen LogP contribution is -2.31. The Balaban J connectivity index is 1.88. The highest BCUT2D eigenvalue weighted by Gasteiger charge is 2.14. The lowest BCUT2D eigenvalue weighted by Gasteiger charge is -2.10. The number of rotatable bonds is 7. The standard InChI is InChI=1S/C16H19ClN4O2S/c1-3-10(2)18-13(22)7-8-14-20-21-16(24-14)15(23)19-12-6-4-5-11(17)9-12/h4-6,9-10H,3,7-8H2,1-2H3,(H,18,22)(H,19,23). The predicted molar refractivity (Wildman–Crippen MR) is 95.5 cm³/mol. The fourth-order valence-electron chi connectivity index (χ4n) is 1.87. The van der Waals surface area contributed by atoms with Crippen LogP contribution in [0.2, 0.25) is 5.02 Å². The lowest BCUT2D eigenvalue weighted by molar-refractivity contribution is -0.121. The molecule has 0 aliphatic heterocycles. The van der Waals surface area contributed by atoms with Crippen LogP contribution in [0.1, 0.15) is 41.5 Å². The van der Waals surface area contributed by atoms with Gasteiger partial charge in [0.1, 0.15) is 5.01 Å². The molecule has 0 radical (unpaired) electrons. The van der Waals surface area contributed by atoms with Crippen molar-refractivity contribution in [2.24, 2.45) is 0 Å². The Bertz CT molecular complexity index is 720. The van der Waals surface area contributed by atoms with E-state index >= 15 is 0 Å². The van der Waals surface area contributed by atoms with E-state index in [4.69, 9.17) is 11.6 Å². The molecular formula is C16H19ClN4O2S. The zero-order valence-electron chi connectivity index (χ0n) is 13.5. The molecular weight excluding hydrogens is 348 g/mol. The molecule has 0 aliphatic carbocycles. The van der Waals surface area contributed by atoms with Gasteiger partial charge in [-0.1, -0.05) is 35.9 Å². The van der Waals surface area contributed by atoms with Gasteiger partial charge in [-0.25, -0.2) is 0 Å². The first-order chi connectivity index (χ1) is 11.5. The Morgan fingerprint density at radius 2 is 2.12 bits per heavy atom.